The first-order valence-electron chi connectivity index (χ1n) is 7.95. The van der Waals surface area contributed by atoms with Crippen LogP contribution in [0.3, 0.4) is 0 Å². The monoisotopic (exact) mass is 311 g/mol. The summed E-state index contributed by atoms with van der Waals surface area (Å²) >= 11 is 0. The molecule has 1 fully saturated rings. The third kappa shape index (κ3) is 3.50. The van der Waals surface area contributed by atoms with Gasteiger partial charge in [-0.2, -0.15) is 0 Å². The summed E-state index contributed by atoms with van der Waals surface area (Å²) in [4.78, 5) is 29.4. The molecule has 0 aromatic carbocycles. The van der Waals surface area contributed by atoms with Gasteiger partial charge in [0, 0.05) is 18.4 Å². The highest BCUT2D eigenvalue weighted by molar-refractivity contribution is 5.95. The van der Waals surface area contributed by atoms with E-state index in [1.807, 2.05) is 38.1 Å². The van der Waals surface area contributed by atoms with Crippen molar-refractivity contribution in [3.63, 3.8) is 0 Å². The first-order valence-corrected chi connectivity index (χ1v) is 7.95. The van der Waals surface area contributed by atoms with Gasteiger partial charge in [-0.05, 0) is 56.4 Å². The summed E-state index contributed by atoms with van der Waals surface area (Å²) in [5, 5.41) is 2.80. The zero-order chi connectivity index (χ0) is 16.4. The van der Waals surface area contributed by atoms with Crippen LogP contribution in [0, 0.1) is 19.8 Å². The molecule has 0 saturated heterocycles. The first kappa shape index (κ1) is 15.5. The number of nitrogens with one attached hydrogen (secondary N) is 1. The van der Waals surface area contributed by atoms with Crippen LogP contribution >= 0.6 is 0 Å². The van der Waals surface area contributed by atoms with Gasteiger partial charge in [-0.1, -0.05) is 6.07 Å². The highest BCUT2D eigenvalue weighted by Crippen LogP contribution is 2.30. The van der Waals surface area contributed by atoms with Crippen molar-refractivity contribution in [3.05, 3.63) is 63.3 Å². The second-order valence-electron chi connectivity index (χ2n) is 6.21. The Kier molecular flexibility index (Phi) is 4.28. The van der Waals surface area contributed by atoms with E-state index in [2.05, 4.69) is 10.3 Å². The number of pyridine rings is 2. The third-order valence-corrected chi connectivity index (χ3v) is 4.23. The molecule has 1 N–H and O–H groups in total. The molecule has 0 bridgehead atoms. The summed E-state index contributed by atoms with van der Waals surface area (Å²) < 4.78 is 1.74. The van der Waals surface area contributed by atoms with Gasteiger partial charge in [0.25, 0.3) is 11.5 Å². The summed E-state index contributed by atoms with van der Waals surface area (Å²) in [5.41, 5.74) is 2.46. The van der Waals surface area contributed by atoms with Gasteiger partial charge in [0.15, 0.2) is 0 Å². The molecule has 0 unspecified atom stereocenters. The van der Waals surface area contributed by atoms with Crippen LogP contribution in [-0.4, -0.2) is 15.5 Å². The zero-order valence-electron chi connectivity index (χ0n) is 13.5. The molecule has 0 aliphatic heterocycles. The zero-order valence-corrected chi connectivity index (χ0v) is 13.5. The van der Waals surface area contributed by atoms with Crippen molar-refractivity contribution < 1.29 is 4.79 Å². The van der Waals surface area contributed by atoms with Crippen LogP contribution in [-0.2, 0) is 13.1 Å². The highest BCUT2D eigenvalue weighted by Gasteiger charge is 2.25. The molecule has 0 radical (unpaired) electrons. The van der Waals surface area contributed by atoms with Crippen molar-refractivity contribution in [2.24, 2.45) is 5.92 Å². The largest absolute Gasteiger partial charge is 0.346 e. The number of hydrogen-bond donors (Lipinski definition) is 1. The fourth-order valence-corrected chi connectivity index (χ4v) is 2.75. The molecule has 0 spiro atoms. The van der Waals surface area contributed by atoms with Crippen LogP contribution in [0.25, 0.3) is 0 Å². The van der Waals surface area contributed by atoms with Crippen LogP contribution in [0.1, 0.15) is 40.2 Å². The van der Waals surface area contributed by atoms with Gasteiger partial charge < -0.3 is 9.88 Å². The summed E-state index contributed by atoms with van der Waals surface area (Å²) in [6.07, 6.45) is 4.02. The van der Waals surface area contributed by atoms with Crippen LogP contribution < -0.4 is 10.9 Å². The molecular weight excluding hydrogens is 290 g/mol. The van der Waals surface area contributed by atoms with E-state index in [0.29, 0.717) is 19.0 Å². The SMILES string of the molecule is Cc1cc(C)n(CC2CC2)c(=O)c1C(=O)NCc1ccccn1. The Hall–Kier alpha value is -2.43. The van der Waals surface area contributed by atoms with Gasteiger partial charge in [0.1, 0.15) is 5.56 Å². The van der Waals surface area contributed by atoms with E-state index >= 15 is 0 Å². The van der Waals surface area contributed by atoms with E-state index in [1.54, 1.807) is 10.8 Å². The molecule has 2 aromatic heterocycles. The van der Waals surface area contributed by atoms with Gasteiger partial charge in [-0.25, -0.2) is 0 Å². The van der Waals surface area contributed by atoms with Crippen molar-refractivity contribution in [2.75, 3.05) is 0 Å². The van der Waals surface area contributed by atoms with Gasteiger partial charge >= 0.3 is 0 Å². The molecule has 1 amide bonds. The highest BCUT2D eigenvalue weighted by atomic mass is 16.2. The van der Waals surface area contributed by atoms with Gasteiger partial charge in [-0.3, -0.25) is 14.6 Å². The number of carbonyl (C=O) groups is 1. The molecule has 1 aliphatic carbocycles. The van der Waals surface area contributed by atoms with Crippen LogP contribution in [0.5, 0.6) is 0 Å². The number of hydrogen-bond acceptors (Lipinski definition) is 3. The van der Waals surface area contributed by atoms with Crippen molar-refractivity contribution >= 4 is 5.91 Å². The lowest BCUT2D eigenvalue weighted by Gasteiger charge is -2.14. The molecule has 5 heteroatoms. The summed E-state index contributed by atoms with van der Waals surface area (Å²) in [6, 6.07) is 7.45. The number of aryl methyl sites for hydroxylation is 2. The van der Waals surface area contributed by atoms with Crippen molar-refractivity contribution in [1.29, 1.82) is 0 Å². The lowest BCUT2D eigenvalue weighted by Crippen LogP contribution is -2.35. The van der Waals surface area contributed by atoms with Crippen LogP contribution in [0.15, 0.2) is 35.3 Å². The summed E-state index contributed by atoms with van der Waals surface area (Å²) in [7, 11) is 0. The molecule has 120 valence electrons. The smallest absolute Gasteiger partial charge is 0.263 e. The predicted molar refractivity (Wildman–Crippen MR) is 88.3 cm³/mol. The number of rotatable bonds is 5. The van der Waals surface area contributed by atoms with Gasteiger partial charge in [0.05, 0.1) is 12.2 Å². The molecule has 2 aromatic rings. The standard InChI is InChI=1S/C18H21N3O2/c1-12-9-13(2)21(11-14-6-7-14)18(23)16(12)17(22)20-10-15-5-3-4-8-19-15/h3-5,8-9,14H,6-7,10-11H2,1-2H3,(H,20,22). The molecular formula is C18H21N3O2. The number of aromatic nitrogens is 2. The molecule has 1 saturated carbocycles. The fraction of sp³-hybridized carbons (Fsp3) is 0.389. The van der Waals surface area contributed by atoms with Crippen molar-refractivity contribution in [3.8, 4) is 0 Å². The van der Waals surface area contributed by atoms with Gasteiger partial charge in [-0.15, -0.1) is 0 Å². The second kappa shape index (κ2) is 6.36. The van der Waals surface area contributed by atoms with E-state index in [1.165, 1.54) is 12.8 Å². The van der Waals surface area contributed by atoms with E-state index < -0.39 is 0 Å². The maximum atomic E-state index is 12.7. The molecule has 3 rings (SSSR count). The summed E-state index contributed by atoms with van der Waals surface area (Å²) in [6.45, 7) is 4.76. The van der Waals surface area contributed by atoms with Gasteiger partial charge in [0.2, 0.25) is 0 Å². The lowest BCUT2D eigenvalue weighted by atomic mass is 10.1. The minimum atomic E-state index is -0.331. The van der Waals surface area contributed by atoms with Crippen LogP contribution in [0.2, 0.25) is 0 Å². The van der Waals surface area contributed by atoms with E-state index in [-0.39, 0.29) is 17.0 Å². The quantitative estimate of drug-likeness (QED) is 0.920. The van der Waals surface area contributed by atoms with Crippen molar-refractivity contribution in [2.45, 2.75) is 39.8 Å². The Morgan fingerprint density at radius 3 is 2.78 bits per heavy atom. The normalized spacial score (nSPS) is 13.8. The molecule has 2 heterocycles. The first-order chi connectivity index (χ1) is 11.1. The number of carbonyl (C=O) groups excluding carboxylic acids is 1. The van der Waals surface area contributed by atoms with E-state index in [9.17, 15) is 9.59 Å². The molecule has 23 heavy (non-hydrogen) atoms. The lowest BCUT2D eigenvalue weighted by molar-refractivity contribution is 0.0947. The second-order valence-corrected chi connectivity index (χ2v) is 6.21. The third-order valence-electron chi connectivity index (χ3n) is 4.23. The average molecular weight is 311 g/mol. The topological polar surface area (TPSA) is 64.0 Å². The molecule has 1 aliphatic rings. The van der Waals surface area contributed by atoms with Crippen molar-refractivity contribution in [1.82, 2.24) is 14.9 Å². The molecule has 5 nitrogen and oxygen atoms in total. The average Bonchev–Trinajstić information content (AvgIpc) is 3.34. The number of nitrogens with zero attached hydrogens (tertiary/aromatic N) is 2. The van der Waals surface area contributed by atoms with Crippen LogP contribution in [0.4, 0.5) is 0 Å². The number of amides is 1. The summed E-state index contributed by atoms with van der Waals surface area (Å²) in [5.74, 6) is 0.251. The Balaban J connectivity index is 1.83. The van der Waals surface area contributed by atoms with E-state index in [0.717, 1.165) is 17.0 Å². The fourth-order valence-electron chi connectivity index (χ4n) is 2.75. The minimum absolute atomic E-state index is 0.187. The Morgan fingerprint density at radius 1 is 1.35 bits per heavy atom. The predicted octanol–water partition coefficient (Wildman–Crippen LogP) is 2.20. The minimum Gasteiger partial charge on any atom is -0.346 e. The maximum absolute atomic E-state index is 12.7. The Morgan fingerprint density at radius 2 is 2.13 bits per heavy atom. The Bertz CT molecular complexity index is 777. The Labute approximate surface area is 135 Å². The maximum Gasteiger partial charge on any atom is 0.263 e. The van der Waals surface area contributed by atoms with E-state index in [4.69, 9.17) is 0 Å². The molecule has 0 atom stereocenters.